The summed E-state index contributed by atoms with van der Waals surface area (Å²) in [5.41, 5.74) is 0.468. The van der Waals surface area contributed by atoms with Gasteiger partial charge in [-0.15, -0.1) is 11.3 Å². The van der Waals surface area contributed by atoms with Crippen molar-refractivity contribution < 1.29 is 14.3 Å². The number of likely N-dealkylation sites (tertiary alicyclic amines) is 1. The monoisotopic (exact) mass is 386 g/mol. The van der Waals surface area contributed by atoms with E-state index < -0.39 is 5.41 Å². The molecule has 144 valence electrons. The molecule has 1 saturated carbocycles. The Labute approximate surface area is 163 Å². The molecular weight excluding hydrogens is 360 g/mol. The topological polar surface area (TPSA) is 59.5 Å². The Balaban J connectivity index is 1.42. The third-order valence-electron chi connectivity index (χ3n) is 5.86. The summed E-state index contributed by atoms with van der Waals surface area (Å²) in [7, 11) is 0. The van der Waals surface area contributed by atoms with Crippen LogP contribution in [0.3, 0.4) is 0 Å². The van der Waals surface area contributed by atoms with Crippen molar-refractivity contribution >= 4 is 33.4 Å². The van der Waals surface area contributed by atoms with Crippen molar-refractivity contribution in [2.45, 2.75) is 51.4 Å². The van der Waals surface area contributed by atoms with Crippen molar-refractivity contribution in [1.29, 1.82) is 0 Å². The van der Waals surface area contributed by atoms with Gasteiger partial charge in [-0.1, -0.05) is 25.0 Å². The lowest BCUT2D eigenvalue weighted by Crippen LogP contribution is -2.40. The third kappa shape index (κ3) is 4.00. The van der Waals surface area contributed by atoms with Gasteiger partial charge in [0.1, 0.15) is 0 Å². The van der Waals surface area contributed by atoms with E-state index in [1.807, 2.05) is 23.1 Å². The number of esters is 1. The van der Waals surface area contributed by atoms with Crippen molar-refractivity contribution in [2.24, 2.45) is 5.41 Å². The quantitative estimate of drug-likeness (QED) is 0.730. The van der Waals surface area contributed by atoms with Crippen molar-refractivity contribution in [2.75, 3.05) is 19.7 Å². The van der Waals surface area contributed by atoms with Gasteiger partial charge >= 0.3 is 5.97 Å². The Hall–Kier alpha value is -1.95. The van der Waals surface area contributed by atoms with Gasteiger partial charge < -0.3 is 9.64 Å². The molecule has 1 aliphatic heterocycles. The molecule has 1 aromatic heterocycles. The maximum absolute atomic E-state index is 13.0. The highest BCUT2D eigenvalue weighted by atomic mass is 32.1. The van der Waals surface area contributed by atoms with Crippen LogP contribution in [0.1, 0.15) is 50.0 Å². The maximum Gasteiger partial charge on any atom is 0.313 e. The fraction of sp³-hybridized carbons (Fsp3) is 0.571. The molecule has 5 nitrogen and oxygen atoms in total. The maximum atomic E-state index is 13.0. The molecule has 27 heavy (non-hydrogen) atoms. The van der Waals surface area contributed by atoms with Crippen molar-refractivity contribution in [3.05, 3.63) is 29.3 Å². The summed E-state index contributed by atoms with van der Waals surface area (Å²) in [6.07, 6.45) is 7.57. The predicted molar refractivity (Wildman–Crippen MR) is 106 cm³/mol. The molecule has 1 aromatic carbocycles. The van der Waals surface area contributed by atoms with Crippen LogP contribution in [0, 0.1) is 5.41 Å². The number of fused-ring (bicyclic) bond motifs is 1. The van der Waals surface area contributed by atoms with Gasteiger partial charge in [0.05, 0.1) is 20.6 Å². The van der Waals surface area contributed by atoms with E-state index in [1.54, 1.807) is 11.3 Å². The second-order valence-electron chi connectivity index (χ2n) is 7.76. The lowest BCUT2D eigenvalue weighted by atomic mass is 9.83. The van der Waals surface area contributed by atoms with Gasteiger partial charge in [0.15, 0.2) is 6.61 Å². The number of hydrogen-bond acceptors (Lipinski definition) is 5. The summed E-state index contributed by atoms with van der Waals surface area (Å²) in [6.45, 7) is 1.45. The molecule has 0 spiro atoms. The molecule has 0 unspecified atom stereocenters. The van der Waals surface area contributed by atoms with E-state index in [-0.39, 0.29) is 18.5 Å². The molecule has 0 radical (unpaired) electrons. The number of ether oxygens (including phenoxy) is 1. The molecule has 4 rings (SSSR count). The van der Waals surface area contributed by atoms with Crippen LogP contribution in [0.5, 0.6) is 0 Å². The third-order valence-corrected chi connectivity index (χ3v) is 6.89. The molecule has 2 aromatic rings. The number of piperidine rings is 1. The zero-order chi connectivity index (χ0) is 18.7. The van der Waals surface area contributed by atoms with Crippen LogP contribution in [0.25, 0.3) is 10.2 Å². The first-order valence-corrected chi connectivity index (χ1v) is 10.8. The number of para-hydroxylation sites is 1. The number of carbonyl (C=O) groups is 2. The van der Waals surface area contributed by atoms with Crippen LogP contribution >= 0.6 is 11.3 Å². The largest absolute Gasteiger partial charge is 0.455 e. The second kappa shape index (κ2) is 7.97. The first-order chi connectivity index (χ1) is 13.2. The SMILES string of the molecule is O=C(COC(=O)C1(Cc2nc3ccccc3s2)CCCC1)N1CCCCC1. The average Bonchev–Trinajstić information content (AvgIpc) is 3.33. The fourth-order valence-electron chi connectivity index (χ4n) is 4.30. The molecule has 6 heteroatoms. The zero-order valence-electron chi connectivity index (χ0n) is 15.6. The highest BCUT2D eigenvalue weighted by Gasteiger charge is 2.43. The number of thiazole rings is 1. The first kappa shape index (κ1) is 18.4. The van der Waals surface area contributed by atoms with E-state index in [0.29, 0.717) is 6.42 Å². The molecule has 2 aliphatic rings. The minimum Gasteiger partial charge on any atom is -0.455 e. The van der Waals surface area contributed by atoms with Crippen molar-refractivity contribution in [3.63, 3.8) is 0 Å². The van der Waals surface area contributed by atoms with Crippen LogP contribution in [0.4, 0.5) is 0 Å². The highest BCUT2D eigenvalue weighted by molar-refractivity contribution is 7.18. The van der Waals surface area contributed by atoms with E-state index >= 15 is 0 Å². The van der Waals surface area contributed by atoms with Gasteiger partial charge in [0.25, 0.3) is 5.91 Å². The zero-order valence-corrected chi connectivity index (χ0v) is 16.4. The normalized spacial score (nSPS) is 19.3. The summed E-state index contributed by atoms with van der Waals surface area (Å²) in [5.74, 6) is -0.277. The van der Waals surface area contributed by atoms with Gasteiger partial charge in [0, 0.05) is 19.5 Å². The molecule has 0 N–H and O–H groups in total. The van der Waals surface area contributed by atoms with E-state index in [0.717, 1.165) is 66.8 Å². The van der Waals surface area contributed by atoms with Gasteiger partial charge in [-0.25, -0.2) is 4.98 Å². The Morgan fingerprint density at radius 2 is 1.81 bits per heavy atom. The van der Waals surface area contributed by atoms with Crippen LogP contribution in [-0.2, 0) is 20.7 Å². The number of nitrogens with zero attached hydrogens (tertiary/aromatic N) is 2. The Bertz CT molecular complexity index is 787. The van der Waals surface area contributed by atoms with E-state index in [4.69, 9.17) is 9.72 Å². The van der Waals surface area contributed by atoms with Crippen LogP contribution in [0.15, 0.2) is 24.3 Å². The van der Waals surface area contributed by atoms with E-state index in [9.17, 15) is 9.59 Å². The summed E-state index contributed by atoms with van der Waals surface area (Å²) in [6, 6.07) is 8.06. The van der Waals surface area contributed by atoms with Crippen molar-refractivity contribution in [3.8, 4) is 0 Å². The molecule has 1 amide bonds. The molecule has 1 aliphatic carbocycles. The van der Waals surface area contributed by atoms with Crippen LogP contribution in [0.2, 0.25) is 0 Å². The number of hydrogen-bond donors (Lipinski definition) is 0. The second-order valence-corrected chi connectivity index (χ2v) is 8.87. The minimum absolute atomic E-state index is 0.0591. The number of aromatic nitrogens is 1. The Kier molecular flexibility index (Phi) is 5.43. The molecule has 2 fully saturated rings. The number of rotatable bonds is 5. The van der Waals surface area contributed by atoms with Crippen LogP contribution in [-0.4, -0.2) is 41.5 Å². The summed E-state index contributed by atoms with van der Waals surface area (Å²) >= 11 is 1.65. The number of amides is 1. The van der Waals surface area contributed by atoms with E-state index in [2.05, 4.69) is 6.07 Å². The molecule has 0 atom stereocenters. The molecule has 2 heterocycles. The van der Waals surface area contributed by atoms with Gasteiger partial charge in [-0.3, -0.25) is 9.59 Å². The smallest absolute Gasteiger partial charge is 0.313 e. The summed E-state index contributed by atoms with van der Waals surface area (Å²) in [4.78, 5) is 31.8. The standard InChI is InChI=1S/C21H26N2O3S/c24-19(23-12-6-1-7-13-23)15-26-20(25)21(10-4-5-11-21)14-18-22-16-8-2-3-9-17(16)27-18/h2-3,8-9H,1,4-7,10-15H2. The number of carbonyl (C=O) groups excluding carboxylic acids is 2. The number of benzene rings is 1. The molecule has 1 saturated heterocycles. The van der Waals surface area contributed by atoms with Gasteiger partial charge in [-0.2, -0.15) is 0 Å². The van der Waals surface area contributed by atoms with Gasteiger partial charge in [0.2, 0.25) is 0 Å². The fourth-order valence-corrected chi connectivity index (χ4v) is 5.42. The van der Waals surface area contributed by atoms with E-state index in [1.165, 1.54) is 6.42 Å². The lowest BCUT2D eigenvalue weighted by molar-refractivity contribution is -0.161. The average molecular weight is 387 g/mol. The van der Waals surface area contributed by atoms with Gasteiger partial charge in [-0.05, 0) is 44.2 Å². The highest BCUT2D eigenvalue weighted by Crippen LogP contribution is 2.43. The first-order valence-electron chi connectivity index (χ1n) is 9.96. The van der Waals surface area contributed by atoms with Crippen molar-refractivity contribution in [1.82, 2.24) is 9.88 Å². The lowest BCUT2D eigenvalue weighted by Gasteiger charge is -2.28. The molecule has 0 bridgehead atoms. The minimum atomic E-state index is -0.518. The summed E-state index contributed by atoms with van der Waals surface area (Å²) in [5, 5.41) is 0.984. The Morgan fingerprint density at radius 3 is 2.56 bits per heavy atom. The Morgan fingerprint density at radius 1 is 1.07 bits per heavy atom. The predicted octanol–water partition coefficient (Wildman–Crippen LogP) is 3.95. The van der Waals surface area contributed by atoms with Crippen LogP contribution < -0.4 is 0 Å². The molecular formula is C21H26N2O3S. The summed E-state index contributed by atoms with van der Waals surface area (Å²) < 4.78 is 6.68.